The maximum absolute atomic E-state index is 13.5. The first-order valence-corrected chi connectivity index (χ1v) is 8.90. The fourth-order valence-electron chi connectivity index (χ4n) is 2.45. The number of hydrogen-bond donors (Lipinski definition) is 1. The summed E-state index contributed by atoms with van der Waals surface area (Å²) in [6.45, 7) is 0. The fraction of sp³-hybridized carbons (Fsp3) is 0.0556. The smallest absolute Gasteiger partial charge is 0.270 e. The third-order valence-electron chi connectivity index (χ3n) is 3.65. The Morgan fingerprint density at radius 2 is 2.00 bits per heavy atom. The molecule has 0 aromatic heterocycles. The molecule has 0 aliphatic carbocycles. The number of benzene rings is 2. The van der Waals surface area contributed by atoms with E-state index in [0.717, 1.165) is 8.47 Å². The number of ether oxygens (including phenoxy) is 1. The van der Waals surface area contributed by atoms with Gasteiger partial charge in [-0.2, -0.15) is 0 Å². The molecule has 0 bridgehead atoms. The average molecular weight is 482 g/mol. The van der Waals surface area contributed by atoms with Crippen molar-refractivity contribution in [1.82, 2.24) is 5.32 Å². The molecule has 0 atom stereocenters. The predicted octanol–water partition coefficient (Wildman–Crippen LogP) is 3.27. The summed E-state index contributed by atoms with van der Waals surface area (Å²) >= 11 is 7.18. The van der Waals surface area contributed by atoms with E-state index in [1.807, 2.05) is 0 Å². The van der Waals surface area contributed by atoms with E-state index in [1.54, 1.807) is 31.4 Å². The van der Waals surface area contributed by atoms with Gasteiger partial charge in [-0.25, -0.2) is 4.39 Å². The predicted molar refractivity (Wildman–Crippen MR) is 108 cm³/mol. The zero-order valence-corrected chi connectivity index (χ0v) is 16.4. The van der Waals surface area contributed by atoms with Crippen LogP contribution in [0.25, 0.3) is 6.08 Å². The van der Waals surface area contributed by atoms with Gasteiger partial charge in [0.2, 0.25) is 0 Å². The van der Waals surface area contributed by atoms with Gasteiger partial charge >= 0.3 is 0 Å². The highest BCUT2D eigenvalue weighted by molar-refractivity contribution is 14.1. The molecule has 1 aliphatic heterocycles. The first-order chi connectivity index (χ1) is 12.4. The van der Waals surface area contributed by atoms with Crippen molar-refractivity contribution in [2.24, 2.45) is 0 Å². The Kier molecular flexibility index (Phi) is 5.33. The largest absolute Gasteiger partial charge is 0.496 e. The van der Waals surface area contributed by atoms with Crippen LogP contribution in [0.1, 0.15) is 5.56 Å². The van der Waals surface area contributed by atoms with E-state index >= 15 is 0 Å². The van der Waals surface area contributed by atoms with Crippen molar-refractivity contribution in [2.75, 3.05) is 12.0 Å². The number of nitrogens with zero attached hydrogens (tertiary/aromatic N) is 1. The number of halogens is 2. The highest BCUT2D eigenvalue weighted by Crippen LogP contribution is 2.25. The molecule has 2 aromatic carbocycles. The van der Waals surface area contributed by atoms with Gasteiger partial charge in [0, 0.05) is 0 Å². The highest BCUT2D eigenvalue weighted by atomic mass is 127. The molecule has 2 amide bonds. The SMILES string of the molecule is COc1ccc(/C=C2\C(=O)NC(=S)N(c3cccc(F)c3)C2=O)cc1I. The zero-order valence-electron chi connectivity index (χ0n) is 13.5. The van der Waals surface area contributed by atoms with Crippen molar-refractivity contribution < 1.29 is 18.7 Å². The number of amides is 2. The van der Waals surface area contributed by atoms with Crippen LogP contribution in [0.2, 0.25) is 0 Å². The molecule has 132 valence electrons. The minimum atomic E-state index is -0.616. The molecule has 0 radical (unpaired) electrons. The molecule has 1 heterocycles. The lowest BCUT2D eigenvalue weighted by Gasteiger charge is -2.28. The molecule has 8 heteroatoms. The van der Waals surface area contributed by atoms with Gasteiger partial charge in [0.05, 0.1) is 16.4 Å². The molecule has 0 unspecified atom stereocenters. The Hall–Kier alpha value is -2.33. The molecule has 2 aromatic rings. The van der Waals surface area contributed by atoms with Gasteiger partial charge in [0.15, 0.2) is 5.11 Å². The molecule has 1 fully saturated rings. The van der Waals surface area contributed by atoms with E-state index in [0.29, 0.717) is 11.3 Å². The van der Waals surface area contributed by atoms with E-state index in [4.69, 9.17) is 17.0 Å². The van der Waals surface area contributed by atoms with E-state index in [-0.39, 0.29) is 16.4 Å². The normalized spacial score (nSPS) is 16.0. The fourth-order valence-corrected chi connectivity index (χ4v) is 3.49. The summed E-state index contributed by atoms with van der Waals surface area (Å²) in [5.74, 6) is -1.03. The molecule has 1 saturated heterocycles. The topological polar surface area (TPSA) is 58.6 Å². The van der Waals surface area contributed by atoms with Crippen molar-refractivity contribution in [1.29, 1.82) is 0 Å². The molecular formula is C18H12FIN2O3S. The second kappa shape index (κ2) is 7.50. The minimum absolute atomic E-state index is 0.0907. The van der Waals surface area contributed by atoms with Crippen LogP contribution in [0, 0.1) is 9.39 Å². The summed E-state index contributed by atoms with van der Waals surface area (Å²) in [5.41, 5.74) is 0.805. The Labute approximate surface area is 168 Å². The van der Waals surface area contributed by atoms with E-state index < -0.39 is 17.6 Å². The minimum Gasteiger partial charge on any atom is -0.496 e. The van der Waals surface area contributed by atoms with Gasteiger partial charge in [-0.1, -0.05) is 12.1 Å². The first-order valence-electron chi connectivity index (χ1n) is 7.41. The molecule has 0 spiro atoms. The second-order valence-electron chi connectivity index (χ2n) is 5.33. The van der Waals surface area contributed by atoms with Crippen molar-refractivity contribution in [3.8, 4) is 5.75 Å². The highest BCUT2D eigenvalue weighted by Gasteiger charge is 2.34. The maximum Gasteiger partial charge on any atom is 0.270 e. The quantitative estimate of drug-likeness (QED) is 0.316. The summed E-state index contributed by atoms with van der Waals surface area (Å²) < 4.78 is 19.5. The van der Waals surface area contributed by atoms with Crippen molar-refractivity contribution in [2.45, 2.75) is 0 Å². The lowest BCUT2D eigenvalue weighted by molar-refractivity contribution is -0.122. The van der Waals surface area contributed by atoms with Crippen molar-refractivity contribution in [3.63, 3.8) is 0 Å². The van der Waals surface area contributed by atoms with Gasteiger partial charge in [-0.15, -0.1) is 0 Å². The molecule has 5 nitrogen and oxygen atoms in total. The van der Waals surface area contributed by atoms with E-state index in [2.05, 4.69) is 27.9 Å². The maximum atomic E-state index is 13.5. The standard InChI is InChI=1S/C18H12FIN2O3S/c1-25-15-6-5-10(8-14(15)20)7-13-16(23)21-18(26)22(17(13)24)12-4-2-3-11(19)9-12/h2-9H,1H3,(H,21,23,26)/b13-7+. The Balaban J connectivity index is 2.01. The third kappa shape index (κ3) is 3.61. The Morgan fingerprint density at radius 3 is 2.65 bits per heavy atom. The van der Waals surface area contributed by atoms with Gasteiger partial charge in [-0.3, -0.25) is 19.8 Å². The van der Waals surface area contributed by atoms with Crippen LogP contribution < -0.4 is 15.0 Å². The van der Waals surface area contributed by atoms with E-state index in [1.165, 1.54) is 24.3 Å². The monoisotopic (exact) mass is 482 g/mol. The van der Waals surface area contributed by atoms with E-state index in [9.17, 15) is 14.0 Å². The third-order valence-corrected chi connectivity index (χ3v) is 4.78. The van der Waals surface area contributed by atoms with Crippen LogP contribution in [-0.4, -0.2) is 24.0 Å². The summed E-state index contributed by atoms with van der Waals surface area (Å²) in [5, 5.41) is 2.37. The summed E-state index contributed by atoms with van der Waals surface area (Å²) in [4.78, 5) is 26.2. The van der Waals surface area contributed by atoms with Crippen LogP contribution in [0.15, 0.2) is 48.0 Å². The molecule has 3 rings (SSSR count). The van der Waals surface area contributed by atoms with Crippen LogP contribution >= 0.6 is 34.8 Å². The van der Waals surface area contributed by atoms with Crippen LogP contribution in [-0.2, 0) is 9.59 Å². The van der Waals surface area contributed by atoms with Gasteiger partial charge in [-0.05, 0) is 76.8 Å². The summed E-state index contributed by atoms with van der Waals surface area (Å²) in [6.07, 6.45) is 1.47. The molecule has 0 saturated carbocycles. The number of anilines is 1. The number of methoxy groups -OCH3 is 1. The first kappa shape index (κ1) is 18.5. The Bertz CT molecular complexity index is 961. The lowest BCUT2D eigenvalue weighted by Crippen LogP contribution is -2.54. The number of carbonyl (C=O) groups excluding carboxylic acids is 2. The molecule has 26 heavy (non-hydrogen) atoms. The van der Waals surface area contributed by atoms with Crippen LogP contribution in [0.5, 0.6) is 5.75 Å². The van der Waals surface area contributed by atoms with Gasteiger partial charge in [0.1, 0.15) is 17.1 Å². The van der Waals surface area contributed by atoms with Crippen molar-refractivity contribution >= 4 is 63.5 Å². The number of rotatable bonds is 3. The molecular weight excluding hydrogens is 470 g/mol. The van der Waals surface area contributed by atoms with Gasteiger partial charge in [0.25, 0.3) is 11.8 Å². The number of nitrogens with one attached hydrogen (secondary N) is 1. The number of carbonyl (C=O) groups is 2. The average Bonchev–Trinajstić information content (AvgIpc) is 2.58. The summed E-state index contributed by atoms with van der Waals surface area (Å²) in [7, 11) is 1.56. The number of hydrogen-bond acceptors (Lipinski definition) is 4. The van der Waals surface area contributed by atoms with Gasteiger partial charge < -0.3 is 4.74 Å². The zero-order chi connectivity index (χ0) is 18.8. The number of thiocarbonyl (C=S) groups is 1. The molecule has 1 N–H and O–H groups in total. The Morgan fingerprint density at radius 1 is 1.23 bits per heavy atom. The van der Waals surface area contributed by atoms with Crippen LogP contribution in [0.3, 0.4) is 0 Å². The summed E-state index contributed by atoms with van der Waals surface area (Å²) in [6, 6.07) is 10.7. The molecule has 1 aliphatic rings. The second-order valence-corrected chi connectivity index (χ2v) is 6.88. The van der Waals surface area contributed by atoms with Crippen LogP contribution in [0.4, 0.5) is 10.1 Å². The lowest BCUT2D eigenvalue weighted by atomic mass is 10.1. The van der Waals surface area contributed by atoms with Crippen molar-refractivity contribution in [3.05, 3.63) is 63.0 Å².